The van der Waals surface area contributed by atoms with Gasteiger partial charge in [0.25, 0.3) is 0 Å². The second kappa shape index (κ2) is 7.06. The molecule has 0 aliphatic heterocycles. The predicted octanol–water partition coefficient (Wildman–Crippen LogP) is 3.48. The Morgan fingerprint density at radius 2 is 1.76 bits per heavy atom. The van der Waals surface area contributed by atoms with E-state index in [1.165, 1.54) is 11.8 Å². The van der Waals surface area contributed by atoms with E-state index in [0.29, 0.717) is 11.2 Å². The van der Waals surface area contributed by atoms with Gasteiger partial charge in [-0.25, -0.2) is 4.68 Å². The molecule has 1 N–H and O–H groups in total. The van der Waals surface area contributed by atoms with E-state index in [2.05, 4.69) is 20.8 Å². The van der Waals surface area contributed by atoms with Gasteiger partial charge in [-0.3, -0.25) is 4.79 Å². The second-order valence-corrected chi connectivity index (χ2v) is 6.97. The number of hydrogen-bond acceptors (Lipinski definition) is 5. The minimum absolute atomic E-state index is 0.0900. The first-order valence-corrected chi connectivity index (χ1v) is 9.04. The fourth-order valence-corrected chi connectivity index (χ4v) is 3.59. The van der Waals surface area contributed by atoms with E-state index in [0.717, 1.165) is 24.1 Å². The molecule has 0 spiro atoms. The number of benzene rings is 2. The number of para-hydroxylation sites is 1. The first-order valence-electron chi connectivity index (χ1n) is 8.16. The maximum absolute atomic E-state index is 12.9. The van der Waals surface area contributed by atoms with Crippen LogP contribution in [0.4, 0.5) is 5.69 Å². The van der Waals surface area contributed by atoms with Crippen LogP contribution in [0.5, 0.6) is 0 Å². The van der Waals surface area contributed by atoms with Crippen LogP contribution in [0.15, 0.2) is 65.8 Å². The van der Waals surface area contributed by atoms with Gasteiger partial charge >= 0.3 is 0 Å². The number of anilines is 1. The van der Waals surface area contributed by atoms with Gasteiger partial charge in [0.05, 0.1) is 6.04 Å². The van der Waals surface area contributed by atoms with Gasteiger partial charge in [-0.1, -0.05) is 60.3 Å². The lowest BCUT2D eigenvalue weighted by Gasteiger charge is -2.16. The molecule has 1 fully saturated rings. The molecule has 126 valence electrons. The summed E-state index contributed by atoms with van der Waals surface area (Å²) in [6.45, 7) is 0. The summed E-state index contributed by atoms with van der Waals surface area (Å²) in [5, 5.41) is 15.2. The van der Waals surface area contributed by atoms with Crippen molar-refractivity contribution in [1.82, 2.24) is 20.2 Å². The highest BCUT2D eigenvalue weighted by atomic mass is 32.2. The molecule has 1 aliphatic rings. The summed E-state index contributed by atoms with van der Waals surface area (Å²) in [5.41, 5.74) is 1.70. The lowest BCUT2D eigenvalue weighted by atomic mass is 10.1. The maximum atomic E-state index is 12.9. The summed E-state index contributed by atoms with van der Waals surface area (Å²) in [7, 11) is 0. The van der Waals surface area contributed by atoms with Crippen LogP contribution in [-0.4, -0.2) is 26.1 Å². The van der Waals surface area contributed by atoms with Crippen LogP contribution in [0.3, 0.4) is 0 Å². The van der Waals surface area contributed by atoms with Gasteiger partial charge in [-0.05, 0) is 41.0 Å². The Kier molecular flexibility index (Phi) is 4.47. The molecule has 1 aromatic heterocycles. The van der Waals surface area contributed by atoms with E-state index in [9.17, 15) is 4.79 Å². The van der Waals surface area contributed by atoms with Crippen LogP contribution >= 0.6 is 11.8 Å². The number of hydrogen-bond donors (Lipinski definition) is 1. The number of tetrazole rings is 1. The summed E-state index contributed by atoms with van der Waals surface area (Å²) in [6, 6.07) is 19.5. The largest absolute Gasteiger partial charge is 0.325 e. The summed E-state index contributed by atoms with van der Waals surface area (Å²) < 4.78 is 1.83. The van der Waals surface area contributed by atoms with Crippen molar-refractivity contribution in [3.05, 3.63) is 66.2 Å². The zero-order valence-electron chi connectivity index (χ0n) is 13.4. The van der Waals surface area contributed by atoms with Crippen LogP contribution in [0.25, 0.3) is 0 Å². The molecular weight excluding hydrogens is 334 g/mol. The standard InChI is InChI=1S/C18H17N5OS/c24-17(19-14-9-5-2-6-10-14)16(13-7-3-1-4-8-13)25-18-20-21-22-23(18)15-11-12-15/h1-10,15-16H,11-12H2,(H,19,24). The van der Waals surface area contributed by atoms with Gasteiger partial charge in [0, 0.05) is 5.69 Å². The minimum atomic E-state index is -0.426. The average molecular weight is 351 g/mol. The monoisotopic (exact) mass is 351 g/mol. The summed E-state index contributed by atoms with van der Waals surface area (Å²) in [4.78, 5) is 12.9. The molecule has 25 heavy (non-hydrogen) atoms. The van der Waals surface area contributed by atoms with Gasteiger partial charge in [0.15, 0.2) is 0 Å². The molecule has 1 amide bonds. The third-order valence-electron chi connectivity index (χ3n) is 3.96. The highest BCUT2D eigenvalue weighted by Gasteiger charge is 2.31. The number of carbonyl (C=O) groups is 1. The Balaban J connectivity index is 1.60. The summed E-state index contributed by atoms with van der Waals surface area (Å²) in [5.74, 6) is -0.0900. The molecule has 2 aromatic carbocycles. The van der Waals surface area contributed by atoms with Gasteiger partial charge in [0.2, 0.25) is 11.1 Å². The lowest BCUT2D eigenvalue weighted by Crippen LogP contribution is -2.19. The van der Waals surface area contributed by atoms with Gasteiger partial charge in [-0.15, -0.1) is 5.10 Å². The molecule has 1 heterocycles. The van der Waals surface area contributed by atoms with E-state index in [1.807, 2.05) is 65.3 Å². The summed E-state index contributed by atoms with van der Waals surface area (Å²) >= 11 is 1.39. The van der Waals surface area contributed by atoms with Crippen LogP contribution in [0, 0.1) is 0 Å². The fourth-order valence-electron chi connectivity index (χ4n) is 2.55. The number of thioether (sulfide) groups is 1. The fraction of sp³-hybridized carbons (Fsp3) is 0.222. The zero-order chi connectivity index (χ0) is 17.1. The van der Waals surface area contributed by atoms with Gasteiger partial charge < -0.3 is 5.32 Å². The quantitative estimate of drug-likeness (QED) is 0.688. The van der Waals surface area contributed by atoms with Crippen molar-refractivity contribution in [2.24, 2.45) is 0 Å². The summed E-state index contributed by atoms with van der Waals surface area (Å²) in [6.07, 6.45) is 2.18. The molecule has 1 atom stereocenters. The number of amides is 1. The number of nitrogens with zero attached hydrogens (tertiary/aromatic N) is 4. The number of nitrogens with one attached hydrogen (secondary N) is 1. The third-order valence-corrected chi connectivity index (χ3v) is 5.16. The van der Waals surface area contributed by atoms with Crippen molar-refractivity contribution >= 4 is 23.4 Å². The van der Waals surface area contributed by atoms with Gasteiger partial charge in [-0.2, -0.15) is 0 Å². The maximum Gasteiger partial charge on any atom is 0.242 e. The topological polar surface area (TPSA) is 72.7 Å². The molecule has 1 saturated carbocycles. The molecule has 0 bridgehead atoms. The van der Waals surface area contributed by atoms with Crippen molar-refractivity contribution in [1.29, 1.82) is 0 Å². The van der Waals surface area contributed by atoms with E-state index in [1.54, 1.807) is 0 Å². The Labute approximate surface area is 149 Å². The third kappa shape index (κ3) is 3.71. The second-order valence-electron chi connectivity index (χ2n) is 5.90. The number of aromatic nitrogens is 4. The molecule has 7 heteroatoms. The normalized spacial score (nSPS) is 14.9. The van der Waals surface area contributed by atoms with Crippen LogP contribution in [0.2, 0.25) is 0 Å². The Morgan fingerprint density at radius 1 is 1.08 bits per heavy atom. The van der Waals surface area contributed by atoms with Crippen molar-refractivity contribution in [3.8, 4) is 0 Å². The molecule has 6 nitrogen and oxygen atoms in total. The van der Waals surface area contributed by atoms with Crippen molar-refractivity contribution in [3.63, 3.8) is 0 Å². The Morgan fingerprint density at radius 3 is 2.44 bits per heavy atom. The first-order chi connectivity index (χ1) is 12.3. The van der Waals surface area contributed by atoms with E-state index < -0.39 is 5.25 Å². The van der Waals surface area contributed by atoms with Gasteiger partial charge in [0.1, 0.15) is 5.25 Å². The van der Waals surface area contributed by atoms with Crippen molar-refractivity contribution in [2.75, 3.05) is 5.32 Å². The van der Waals surface area contributed by atoms with E-state index in [4.69, 9.17) is 0 Å². The Hall–Kier alpha value is -2.67. The zero-order valence-corrected chi connectivity index (χ0v) is 14.3. The highest BCUT2D eigenvalue weighted by Crippen LogP contribution is 2.40. The predicted molar refractivity (Wildman–Crippen MR) is 96.2 cm³/mol. The SMILES string of the molecule is O=C(Nc1ccccc1)C(Sc1nnnn1C1CC1)c1ccccc1. The van der Waals surface area contributed by atoms with E-state index >= 15 is 0 Å². The molecule has 0 saturated heterocycles. The smallest absolute Gasteiger partial charge is 0.242 e. The highest BCUT2D eigenvalue weighted by molar-refractivity contribution is 8.00. The molecule has 1 aliphatic carbocycles. The lowest BCUT2D eigenvalue weighted by molar-refractivity contribution is -0.115. The Bertz CT molecular complexity index is 848. The van der Waals surface area contributed by atoms with Crippen LogP contribution in [-0.2, 0) is 4.79 Å². The molecule has 0 radical (unpaired) electrons. The van der Waals surface area contributed by atoms with Crippen LogP contribution in [0.1, 0.15) is 29.7 Å². The molecule has 4 rings (SSSR count). The molecule has 3 aromatic rings. The van der Waals surface area contributed by atoms with E-state index in [-0.39, 0.29) is 5.91 Å². The minimum Gasteiger partial charge on any atom is -0.325 e. The van der Waals surface area contributed by atoms with Crippen molar-refractivity contribution in [2.45, 2.75) is 29.3 Å². The van der Waals surface area contributed by atoms with Crippen molar-refractivity contribution < 1.29 is 4.79 Å². The number of rotatable bonds is 6. The molecule has 1 unspecified atom stereocenters. The average Bonchev–Trinajstić information content (AvgIpc) is 3.39. The van der Waals surface area contributed by atoms with Crippen LogP contribution < -0.4 is 5.32 Å². The molecular formula is C18H17N5OS. The number of carbonyl (C=O) groups excluding carboxylic acids is 1. The first kappa shape index (κ1) is 15.8.